The van der Waals surface area contributed by atoms with Crippen molar-refractivity contribution < 1.29 is 19.5 Å². The second-order valence-corrected chi connectivity index (χ2v) is 6.02. The number of carbonyl (C=O) groups is 2. The molecular formula is C20H19N3O4. The van der Waals surface area contributed by atoms with Gasteiger partial charge in [0.2, 0.25) is 0 Å². The molecule has 0 radical (unpaired) electrons. The first kappa shape index (κ1) is 18.3. The zero-order chi connectivity index (χ0) is 19.2. The maximum Gasteiger partial charge on any atom is 0.270 e. The Kier molecular flexibility index (Phi) is 5.63. The second-order valence-electron chi connectivity index (χ2n) is 6.02. The number of hydroxylamine groups is 1. The van der Waals surface area contributed by atoms with Crippen LogP contribution in [0.5, 0.6) is 5.75 Å². The van der Waals surface area contributed by atoms with Crippen LogP contribution >= 0.6 is 0 Å². The number of aromatic nitrogens is 1. The monoisotopic (exact) mass is 365 g/mol. The van der Waals surface area contributed by atoms with Crippen LogP contribution < -0.4 is 15.5 Å². The zero-order valence-corrected chi connectivity index (χ0v) is 14.7. The van der Waals surface area contributed by atoms with E-state index in [1.165, 1.54) is 11.0 Å². The molecule has 7 nitrogen and oxygen atoms in total. The number of nitrogens with zero attached hydrogens (tertiary/aromatic N) is 1. The molecule has 0 saturated carbocycles. The van der Waals surface area contributed by atoms with Crippen LogP contribution in [-0.2, 0) is 11.4 Å². The fraction of sp³-hybridized carbons (Fsp3) is 0.150. The molecule has 3 N–H and O–H groups in total. The van der Waals surface area contributed by atoms with E-state index >= 15 is 0 Å². The molecule has 27 heavy (non-hydrogen) atoms. The summed E-state index contributed by atoms with van der Waals surface area (Å²) in [5.74, 6) is -0.670. The van der Waals surface area contributed by atoms with Crippen molar-refractivity contribution in [1.29, 1.82) is 0 Å². The van der Waals surface area contributed by atoms with E-state index in [0.717, 1.165) is 10.9 Å². The van der Waals surface area contributed by atoms with Gasteiger partial charge in [0.25, 0.3) is 11.8 Å². The van der Waals surface area contributed by atoms with E-state index in [9.17, 15) is 9.59 Å². The Bertz CT molecular complexity index is 971. The van der Waals surface area contributed by atoms with Gasteiger partial charge in [0.05, 0.1) is 6.54 Å². The van der Waals surface area contributed by atoms with Gasteiger partial charge in [-0.2, -0.15) is 0 Å². The summed E-state index contributed by atoms with van der Waals surface area (Å²) in [4.78, 5) is 27.6. The van der Waals surface area contributed by atoms with Crippen LogP contribution in [-0.4, -0.2) is 28.6 Å². The lowest BCUT2D eigenvalue weighted by molar-refractivity contribution is -0.128. The number of pyridine rings is 1. The molecule has 0 saturated heterocycles. The zero-order valence-electron chi connectivity index (χ0n) is 14.7. The van der Waals surface area contributed by atoms with Crippen molar-refractivity contribution >= 4 is 22.7 Å². The Morgan fingerprint density at radius 3 is 2.59 bits per heavy atom. The lowest BCUT2D eigenvalue weighted by Crippen LogP contribution is -2.35. The minimum Gasteiger partial charge on any atom is -0.487 e. The summed E-state index contributed by atoms with van der Waals surface area (Å²) in [7, 11) is 0. The van der Waals surface area contributed by atoms with Crippen LogP contribution in [0, 0.1) is 6.92 Å². The predicted octanol–water partition coefficient (Wildman–Crippen LogP) is 2.36. The average molecular weight is 365 g/mol. The van der Waals surface area contributed by atoms with Gasteiger partial charge in [-0.3, -0.25) is 14.8 Å². The van der Waals surface area contributed by atoms with Crippen LogP contribution in [0.4, 0.5) is 0 Å². The molecule has 1 heterocycles. The number of carbonyl (C=O) groups excluding carboxylic acids is 2. The number of hydrogen-bond donors (Lipinski definition) is 3. The number of ether oxygens (including phenoxy) is 1. The molecule has 7 heteroatoms. The van der Waals surface area contributed by atoms with E-state index in [1.807, 2.05) is 43.3 Å². The van der Waals surface area contributed by atoms with Crippen molar-refractivity contribution in [2.45, 2.75) is 13.5 Å². The van der Waals surface area contributed by atoms with Crippen molar-refractivity contribution in [3.05, 3.63) is 71.4 Å². The number of fused-ring (bicyclic) bond motifs is 1. The standard InChI is InChI=1S/C20H19N3O4/c1-13-5-7-14(8-6-13)12-27-17-4-2-3-15-9-10-16(22-19(15)17)20(25)21-11-18(24)23-26/h2-10,26H,11-12H2,1H3,(H,21,25)(H,23,24). The topological polar surface area (TPSA) is 101 Å². The quantitative estimate of drug-likeness (QED) is 0.460. The fourth-order valence-electron chi connectivity index (χ4n) is 2.50. The Morgan fingerprint density at radius 2 is 1.85 bits per heavy atom. The van der Waals surface area contributed by atoms with Crippen molar-refractivity contribution in [3.8, 4) is 5.75 Å². The van der Waals surface area contributed by atoms with Gasteiger partial charge in [0, 0.05) is 5.39 Å². The Labute approximate surface area is 155 Å². The molecular weight excluding hydrogens is 346 g/mol. The van der Waals surface area contributed by atoms with E-state index in [1.54, 1.807) is 18.2 Å². The van der Waals surface area contributed by atoms with Gasteiger partial charge >= 0.3 is 0 Å². The Hall–Kier alpha value is -3.45. The molecule has 138 valence electrons. The Balaban J connectivity index is 1.80. The van der Waals surface area contributed by atoms with Crippen molar-refractivity contribution in [3.63, 3.8) is 0 Å². The van der Waals surface area contributed by atoms with Gasteiger partial charge in [0.15, 0.2) is 0 Å². The predicted molar refractivity (Wildman–Crippen MR) is 99.5 cm³/mol. The van der Waals surface area contributed by atoms with E-state index in [4.69, 9.17) is 9.94 Å². The van der Waals surface area contributed by atoms with Gasteiger partial charge in [-0.1, -0.05) is 48.0 Å². The summed E-state index contributed by atoms with van der Waals surface area (Å²) in [5.41, 5.74) is 4.37. The lowest BCUT2D eigenvalue weighted by Gasteiger charge is -2.10. The molecule has 0 aliphatic rings. The summed E-state index contributed by atoms with van der Waals surface area (Å²) >= 11 is 0. The first-order valence-corrected chi connectivity index (χ1v) is 8.36. The molecule has 3 rings (SSSR count). The van der Waals surface area contributed by atoms with Gasteiger partial charge in [0.1, 0.15) is 23.6 Å². The summed E-state index contributed by atoms with van der Waals surface area (Å²) in [5, 5.41) is 11.7. The molecule has 0 spiro atoms. The molecule has 2 aromatic carbocycles. The molecule has 0 aliphatic heterocycles. The van der Waals surface area contributed by atoms with Crippen LogP contribution in [0.2, 0.25) is 0 Å². The summed E-state index contributed by atoms with van der Waals surface area (Å²) in [6.45, 7) is 2.06. The molecule has 0 unspecified atom stereocenters. The summed E-state index contributed by atoms with van der Waals surface area (Å²) in [6, 6.07) is 16.9. The maximum absolute atomic E-state index is 12.2. The molecule has 0 atom stereocenters. The molecule has 3 aromatic rings. The number of nitrogens with one attached hydrogen (secondary N) is 2. The highest BCUT2D eigenvalue weighted by molar-refractivity contribution is 5.97. The summed E-state index contributed by atoms with van der Waals surface area (Å²) in [6.07, 6.45) is 0. The molecule has 2 amide bonds. The van der Waals surface area contributed by atoms with Crippen LogP contribution in [0.15, 0.2) is 54.6 Å². The average Bonchev–Trinajstić information content (AvgIpc) is 2.70. The number of aryl methyl sites for hydroxylation is 1. The van der Waals surface area contributed by atoms with Gasteiger partial charge in [-0.15, -0.1) is 0 Å². The van der Waals surface area contributed by atoms with E-state index in [-0.39, 0.29) is 12.2 Å². The van der Waals surface area contributed by atoms with Crippen LogP contribution in [0.1, 0.15) is 21.6 Å². The second kappa shape index (κ2) is 8.29. The van der Waals surface area contributed by atoms with Crippen molar-refractivity contribution in [2.75, 3.05) is 6.54 Å². The molecule has 0 aliphatic carbocycles. The lowest BCUT2D eigenvalue weighted by atomic mass is 10.1. The minimum atomic E-state index is -0.716. The normalized spacial score (nSPS) is 10.4. The van der Waals surface area contributed by atoms with Gasteiger partial charge < -0.3 is 10.1 Å². The van der Waals surface area contributed by atoms with E-state index in [2.05, 4.69) is 10.3 Å². The largest absolute Gasteiger partial charge is 0.487 e. The minimum absolute atomic E-state index is 0.152. The number of amides is 2. The van der Waals surface area contributed by atoms with Crippen molar-refractivity contribution in [1.82, 2.24) is 15.8 Å². The molecule has 1 aromatic heterocycles. The highest BCUT2D eigenvalue weighted by Crippen LogP contribution is 2.25. The van der Waals surface area contributed by atoms with Crippen molar-refractivity contribution in [2.24, 2.45) is 0 Å². The number of para-hydroxylation sites is 1. The van der Waals surface area contributed by atoms with Crippen LogP contribution in [0.25, 0.3) is 10.9 Å². The maximum atomic E-state index is 12.2. The SMILES string of the molecule is Cc1ccc(COc2cccc3ccc(C(=O)NCC(=O)NO)nc23)cc1. The van der Waals surface area contributed by atoms with Crippen LogP contribution in [0.3, 0.4) is 0 Å². The third-order valence-electron chi connectivity index (χ3n) is 3.97. The van der Waals surface area contributed by atoms with E-state index < -0.39 is 11.8 Å². The fourth-order valence-corrected chi connectivity index (χ4v) is 2.50. The Morgan fingerprint density at radius 1 is 1.07 bits per heavy atom. The van der Waals surface area contributed by atoms with E-state index in [0.29, 0.717) is 17.9 Å². The number of hydrogen-bond acceptors (Lipinski definition) is 5. The third-order valence-corrected chi connectivity index (χ3v) is 3.97. The number of benzene rings is 2. The number of rotatable bonds is 6. The van der Waals surface area contributed by atoms with Gasteiger partial charge in [-0.25, -0.2) is 10.5 Å². The molecule has 0 bridgehead atoms. The molecule has 0 fully saturated rings. The first-order valence-electron chi connectivity index (χ1n) is 8.36. The van der Waals surface area contributed by atoms with Gasteiger partial charge in [-0.05, 0) is 24.6 Å². The highest BCUT2D eigenvalue weighted by Gasteiger charge is 2.12. The first-order chi connectivity index (χ1) is 13.1. The third kappa shape index (κ3) is 4.59. The highest BCUT2D eigenvalue weighted by atomic mass is 16.5. The smallest absolute Gasteiger partial charge is 0.270 e. The summed E-state index contributed by atoms with van der Waals surface area (Å²) < 4.78 is 5.90.